The molecule has 0 radical (unpaired) electrons. The van der Waals surface area contributed by atoms with Crippen molar-refractivity contribution in [3.8, 4) is 11.5 Å². The van der Waals surface area contributed by atoms with Gasteiger partial charge in [-0.05, 0) is 49.1 Å². The molecule has 134 valence electrons. The average molecular weight is 349 g/mol. The molecule has 4 rings (SSSR count). The maximum atomic E-state index is 12.7. The molecular weight excluding hydrogens is 326 g/mol. The van der Waals surface area contributed by atoms with Crippen LogP contribution in [0.25, 0.3) is 6.08 Å². The number of hydrogen-bond donors (Lipinski definition) is 1. The largest absolute Gasteiger partial charge is 0.507 e. The number of nitrogens with zero attached hydrogens (tertiary/aromatic N) is 1. The number of ketones is 1. The Hall–Kier alpha value is -2.59. The molecule has 1 saturated heterocycles. The van der Waals surface area contributed by atoms with Crippen LogP contribution in [0.4, 0.5) is 0 Å². The van der Waals surface area contributed by atoms with Crippen LogP contribution in [0.2, 0.25) is 0 Å². The number of piperidine rings is 1. The van der Waals surface area contributed by atoms with Crippen LogP contribution >= 0.6 is 0 Å². The van der Waals surface area contributed by atoms with Gasteiger partial charge in [-0.3, -0.25) is 9.69 Å². The second-order valence-electron chi connectivity index (χ2n) is 7.27. The zero-order valence-electron chi connectivity index (χ0n) is 14.9. The fraction of sp³-hybridized carbons (Fsp3) is 0.318. The second-order valence-corrected chi connectivity index (χ2v) is 7.27. The highest BCUT2D eigenvalue weighted by atomic mass is 16.5. The van der Waals surface area contributed by atoms with Crippen molar-refractivity contribution in [2.24, 2.45) is 5.92 Å². The third-order valence-corrected chi connectivity index (χ3v) is 5.14. The number of aromatic hydroxyl groups is 1. The summed E-state index contributed by atoms with van der Waals surface area (Å²) in [4.78, 5) is 15.0. The van der Waals surface area contributed by atoms with Crippen molar-refractivity contribution in [2.45, 2.75) is 26.3 Å². The summed E-state index contributed by atoms with van der Waals surface area (Å²) >= 11 is 0. The lowest BCUT2D eigenvalue weighted by Gasteiger charge is -2.31. The molecule has 26 heavy (non-hydrogen) atoms. The summed E-state index contributed by atoms with van der Waals surface area (Å²) in [6, 6.07) is 12.9. The van der Waals surface area contributed by atoms with E-state index in [1.165, 1.54) is 6.42 Å². The Labute approximate surface area is 153 Å². The number of phenols is 1. The molecule has 2 aromatic rings. The molecule has 2 aromatic carbocycles. The summed E-state index contributed by atoms with van der Waals surface area (Å²) < 4.78 is 5.93. The van der Waals surface area contributed by atoms with Gasteiger partial charge in [-0.15, -0.1) is 0 Å². The van der Waals surface area contributed by atoms with Crippen molar-refractivity contribution in [1.29, 1.82) is 0 Å². The molecule has 0 saturated carbocycles. The van der Waals surface area contributed by atoms with E-state index in [9.17, 15) is 9.90 Å². The van der Waals surface area contributed by atoms with Crippen molar-refractivity contribution < 1.29 is 14.6 Å². The number of rotatable bonds is 3. The number of phenolic OH excluding ortho intramolecular Hbond substituents is 1. The first kappa shape index (κ1) is 16.9. The van der Waals surface area contributed by atoms with Gasteiger partial charge in [0, 0.05) is 13.1 Å². The van der Waals surface area contributed by atoms with E-state index in [1.807, 2.05) is 30.3 Å². The van der Waals surface area contributed by atoms with Crippen LogP contribution in [0.3, 0.4) is 0 Å². The Bertz CT molecular complexity index is 857. The highest BCUT2D eigenvalue weighted by Crippen LogP contribution is 2.40. The number of allylic oxidation sites excluding steroid dienone is 1. The molecule has 2 heterocycles. The van der Waals surface area contributed by atoms with Crippen molar-refractivity contribution in [3.05, 3.63) is 64.9 Å². The molecule has 4 heteroatoms. The Kier molecular flexibility index (Phi) is 4.51. The fourth-order valence-corrected chi connectivity index (χ4v) is 3.80. The number of ether oxygens (including phenoxy) is 1. The molecule has 2 aliphatic rings. The van der Waals surface area contributed by atoms with E-state index < -0.39 is 0 Å². The monoisotopic (exact) mass is 349 g/mol. The van der Waals surface area contributed by atoms with Gasteiger partial charge >= 0.3 is 0 Å². The second kappa shape index (κ2) is 6.96. The van der Waals surface area contributed by atoms with Crippen molar-refractivity contribution in [1.82, 2.24) is 4.90 Å². The number of carbonyl (C=O) groups excluding carboxylic acids is 1. The van der Waals surface area contributed by atoms with E-state index in [2.05, 4.69) is 11.8 Å². The highest BCUT2D eigenvalue weighted by Gasteiger charge is 2.32. The molecular formula is C22H23NO3. The van der Waals surface area contributed by atoms with Gasteiger partial charge in [0.05, 0.1) is 11.1 Å². The first-order valence-electron chi connectivity index (χ1n) is 9.18. The van der Waals surface area contributed by atoms with Crippen LogP contribution in [-0.2, 0) is 6.54 Å². The summed E-state index contributed by atoms with van der Waals surface area (Å²) in [5.41, 5.74) is 2.16. The summed E-state index contributed by atoms with van der Waals surface area (Å²) in [5, 5.41) is 10.4. The first-order chi connectivity index (χ1) is 12.6. The molecule has 2 aliphatic heterocycles. The smallest absolute Gasteiger partial charge is 0.231 e. The molecule has 0 spiro atoms. The molecule has 4 nitrogen and oxygen atoms in total. The maximum absolute atomic E-state index is 12.7. The van der Waals surface area contributed by atoms with Crippen LogP contribution < -0.4 is 4.74 Å². The zero-order chi connectivity index (χ0) is 18.1. The lowest BCUT2D eigenvalue weighted by atomic mass is 9.99. The predicted octanol–water partition coefficient (Wildman–Crippen LogP) is 4.24. The predicted molar refractivity (Wildman–Crippen MR) is 101 cm³/mol. The Morgan fingerprint density at radius 3 is 2.81 bits per heavy atom. The van der Waals surface area contributed by atoms with Gasteiger partial charge in [-0.2, -0.15) is 0 Å². The van der Waals surface area contributed by atoms with Crippen molar-refractivity contribution in [2.75, 3.05) is 13.1 Å². The molecule has 0 aromatic heterocycles. The van der Waals surface area contributed by atoms with E-state index in [4.69, 9.17) is 4.74 Å². The van der Waals surface area contributed by atoms with Gasteiger partial charge in [0.15, 0.2) is 5.76 Å². The number of Topliss-reactive ketones (excluding diaryl/α,β-unsaturated/α-hetero) is 1. The molecule has 0 bridgehead atoms. The van der Waals surface area contributed by atoms with Crippen molar-refractivity contribution in [3.63, 3.8) is 0 Å². The van der Waals surface area contributed by atoms with Crippen LogP contribution in [0, 0.1) is 5.92 Å². The van der Waals surface area contributed by atoms with Gasteiger partial charge in [-0.1, -0.05) is 37.3 Å². The molecule has 1 N–H and O–H groups in total. The number of benzene rings is 2. The summed E-state index contributed by atoms with van der Waals surface area (Å²) in [6.45, 7) is 4.87. The molecule has 0 aliphatic carbocycles. The van der Waals surface area contributed by atoms with Gasteiger partial charge < -0.3 is 9.84 Å². The Balaban J connectivity index is 1.64. The summed E-state index contributed by atoms with van der Waals surface area (Å²) in [5.74, 6) is 1.53. The van der Waals surface area contributed by atoms with Crippen LogP contribution in [-0.4, -0.2) is 28.9 Å². The van der Waals surface area contributed by atoms with Crippen LogP contribution in [0.5, 0.6) is 11.5 Å². The van der Waals surface area contributed by atoms with E-state index in [-0.39, 0.29) is 11.5 Å². The summed E-state index contributed by atoms with van der Waals surface area (Å²) in [6.07, 6.45) is 4.16. The van der Waals surface area contributed by atoms with Gasteiger partial charge in [0.2, 0.25) is 5.78 Å². The molecule has 1 atom stereocenters. The van der Waals surface area contributed by atoms with E-state index in [1.54, 1.807) is 18.2 Å². The number of fused-ring (bicyclic) bond motifs is 1. The Morgan fingerprint density at radius 2 is 2.04 bits per heavy atom. The topological polar surface area (TPSA) is 49.8 Å². The normalized spacial score (nSPS) is 21.7. The minimum atomic E-state index is -0.128. The highest BCUT2D eigenvalue weighted by molar-refractivity contribution is 6.15. The Morgan fingerprint density at radius 1 is 1.23 bits per heavy atom. The summed E-state index contributed by atoms with van der Waals surface area (Å²) in [7, 11) is 0. The maximum Gasteiger partial charge on any atom is 0.231 e. The SMILES string of the molecule is C[C@H]1CCCN(Cc2c(O)ccc3c2OC(=Cc2ccccc2)C3=O)C1. The van der Waals surface area contributed by atoms with Gasteiger partial charge in [-0.25, -0.2) is 0 Å². The molecule has 0 amide bonds. The first-order valence-corrected chi connectivity index (χ1v) is 9.18. The lowest BCUT2D eigenvalue weighted by Crippen LogP contribution is -2.33. The minimum Gasteiger partial charge on any atom is -0.507 e. The van der Waals surface area contributed by atoms with Crippen LogP contribution in [0.15, 0.2) is 48.2 Å². The van der Waals surface area contributed by atoms with Crippen LogP contribution in [0.1, 0.15) is 41.3 Å². The van der Waals surface area contributed by atoms with Gasteiger partial charge in [0.25, 0.3) is 0 Å². The van der Waals surface area contributed by atoms with E-state index >= 15 is 0 Å². The average Bonchev–Trinajstić information content (AvgIpc) is 2.95. The number of likely N-dealkylation sites (tertiary alicyclic amines) is 1. The molecule has 1 fully saturated rings. The van der Waals surface area contributed by atoms with E-state index in [0.717, 1.165) is 25.1 Å². The fourth-order valence-electron chi connectivity index (χ4n) is 3.80. The lowest BCUT2D eigenvalue weighted by molar-refractivity contribution is 0.101. The minimum absolute atomic E-state index is 0.128. The third-order valence-electron chi connectivity index (χ3n) is 5.14. The van der Waals surface area contributed by atoms with Crippen molar-refractivity contribution >= 4 is 11.9 Å². The van der Waals surface area contributed by atoms with Gasteiger partial charge in [0.1, 0.15) is 11.5 Å². The zero-order valence-corrected chi connectivity index (χ0v) is 14.9. The van der Waals surface area contributed by atoms with E-state index in [0.29, 0.717) is 35.1 Å². The number of carbonyl (C=O) groups is 1. The quantitative estimate of drug-likeness (QED) is 0.842. The third kappa shape index (κ3) is 3.25. The standard InChI is InChI=1S/C22H23NO3/c1-15-6-5-11-23(13-15)14-18-19(24)10-9-17-21(25)20(26-22(17)18)12-16-7-3-2-4-8-16/h2-4,7-10,12,15,24H,5-6,11,13-14H2,1H3/t15-/m0/s1. The molecule has 0 unspecified atom stereocenters. The number of hydrogen-bond acceptors (Lipinski definition) is 4.